The third kappa shape index (κ3) is 3.87. The predicted octanol–water partition coefficient (Wildman–Crippen LogP) is 4.23. The van der Waals surface area contributed by atoms with E-state index >= 15 is 0 Å². The number of fused-ring (bicyclic) bond motifs is 2. The molecule has 10 heteroatoms. The van der Waals surface area contributed by atoms with Crippen LogP contribution in [0, 0.1) is 23.5 Å². The molecule has 1 amide bonds. The number of rotatable bonds is 5. The van der Waals surface area contributed by atoms with E-state index in [0.717, 1.165) is 53.8 Å². The molecule has 3 heterocycles. The fraction of sp³-hybridized carbons (Fsp3) is 0.333. The normalized spacial score (nSPS) is 18.5. The molecule has 2 aliphatic rings. The molecule has 1 aliphatic heterocycles. The summed E-state index contributed by atoms with van der Waals surface area (Å²) in [7, 11) is 1.99. The molecule has 190 valence electrons. The van der Waals surface area contributed by atoms with Crippen molar-refractivity contribution in [1.82, 2.24) is 19.3 Å². The highest BCUT2D eigenvalue weighted by molar-refractivity contribution is 6.08. The van der Waals surface area contributed by atoms with Gasteiger partial charge in [-0.15, -0.1) is 0 Å². The maximum atomic E-state index is 14.3. The van der Waals surface area contributed by atoms with Gasteiger partial charge >= 0.3 is 0 Å². The van der Waals surface area contributed by atoms with E-state index in [9.17, 15) is 18.4 Å². The van der Waals surface area contributed by atoms with Gasteiger partial charge in [0.1, 0.15) is 22.7 Å². The van der Waals surface area contributed by atoms with Crippen molar-refractivity contribution in [2.45, 2.75) is 26.2 Å². The van der Waals surface area contributed by atoms with Crippen LogP contribution >= 0.6 is 0 Å². The lowest BCUT2D eigenvalue weighted by atomic mass is 10.2. The van der Waals surface area contributed by atoms with E-state index in [1.165, 1.54) is 18.6 Å². The van der Waals surface area contributed by atoms with Crippen LogP contribution < -0.4 is 15.8 Å². The largest absolute Gasteiger partial charge is 0.367 e. The first-order chi connectivity index (χ1) is 17.7. The molecule has 0 spiro atoms. The Morgan fingerprint density at radius 2 is 1.73 bits per heavy atom. The van der Waals surface area contributed by atoms with Crippen molar-refractivity contribution in [3.8, 4) is 5.69 Å². The van der Waals surface area contributed by atoms with E-state index in [1.54, 1.807) is 0 Å². The van der Waals surface area contributed by atoms with Crippen molar-refractivity contribution in [3.63, 3.8) is 0 Å². The van der Waals surface area contributed by atoms with E-state index in [0.29, 0.717) is 22.2 Å². The summed E-state index contributed by atoms with van der Waals surface area (Å²) in [5, 5.41) is 6.90. The van der Waals surface area contributed by atoms with Crippen LogP contribution in [0.25, 0.3) is 16.7 Å². The molecule has 0 radical (unpaired) electrons. The molecule has 1 saturated carbocycles. The second-order valence-electron chi connectivity index (χ2n) is 10.2. The van der Waals surface area contributed by atoms with Crippen LogP contribution in [-0.4, -0.2) is 38.3 Å². The molecule has 2 aromatic carbocycles. The molecule has 0 bridgehead atoms. The lowest BCUT2D eigenvalue weighted by Gasteiger charge is -2.24. The fourth-order valence-corrected chi connectivity index (χ4v) is 5.35. The quantitative estimate of drug-likeness (QED) is 0.440. The van der Waals surface area contributed by atoms with Crippen LogP contribution in [0.3, 0.4) is 0 Å². The Bertz CT molecular complexity index is 1600. The van der Waals surface area contributed by atoms with Gasteiger partial charge in [0.2, 0.25) is 0 Å². The van der Waals surface area contributed by atoms with Crippen molar-refractivity contribution >= 4 is 28.3 Å². The Morgan fingerprint density at radius 3 is 2.41 bits per heavy atom. The van der Waals surface area contributed by atoms with E-state index in [4.69, 9.17) is 4.98 Å². The number of hydrogen-bond acceptors (Lipinski definition) is 5. The average Bonchev–Trinajstić information content (AvgIpc) is 3.31. The minimum Gasteiger partial charge on any atom is -0.367 e. The van der Waals surface area contributed by atoms with Gasteiger partial charge in [-0.05, 0) is 48.6 Å². The molecule has 2 unspecified atom stereocenters. The van der Waals surface area contributed by atoms with E-state index < -0.39 is 28.8 Å². The molecule has 1 aliphatic carbocycles. The molecule has 1 N–H and O–H groups in total. The lowest BCUT2D eigenvalue weighted by Crippen LogP contribution is -2.27. The van der Waals surface area contributed by atoms with Gasteiger partial charge in [-0.25, -0.2) is 13.8 Å². The van der Waals surface area contributed by atoms with Crippen molar-refractivity contribution in [1.29, 1.82) is 0 Å². The highest BCUT2D eigenvalue weighted by Crippen LogP contribution is 2.49. The summed E-state index contributed by atoms with van der Waals surface area (Å²) in [5.74, 6) is -0.0207. The van der Waals surface area contributed by atoms with Crippen LogP contribution in [-0.2, 0) is 7.05 Å². The molecular formula is C27H26F2N6O2. The van der Waals surface area contributed by atoms with E-state index in [2.05, 4.69) is 33.7 Å². The smallest absolute Gasteiger partial charge is 0.276 e. The minimum atomic E-state index is -0.955. The van der Waals surface area contributed by atoms with Gasteiger partial charge in [-0.1, -0.05) is 19.9 Å². The third-order valence-electron chi connectivity index (χ3n) is 7.30. The standard InChI is InChI=1S/C27H26F2N6O2/c1-14(2)26-31-23-21(33(26)3)9-7-19(25(23)34-12-15-11-16(15)13-34)30-27(37)20-8-10-22(36)35(32-20)24-17(28)5-4-6-18(24)29/h4-10,14-16H,11-13H2,1-3H3,(H,30,37). The average molecular weight is 505 g/mol. The number of anilines is 2. The van der Waals surface area contributed by atoms with E-state index in [-0.39, 0.29) is 11.6 Å². The number of para-hydroxylation sites is 1. The summed E-state index contributed by atoms with van der Waals surface area (Å²) in [6.45, 7) is 5.98. The number of nitrogens with zero attached hydrogens (tertiary/aromatic N) is 5. The van der Waals surface area contributed by atoms with Gasteiger partial charge in [0.25, 0.3) is 11.5 Å². The second-order valence-corrected chi connectivity index (χ2v) is 10.2. The van der Waals surface area contributed by atoms with Crippen LogP contribution in [0.4, 0.5) is 20.2 Å². The van der Waals surface area contributed by atoms with Crippen LogP contribution in [0.2, 0.25) is 0 Å². The number of aryl methyl sites for hydroxylation is 1. The summed E-state index contributed by atoms with van der Waals surface area (Å²) in [4.78, 5) is 32.9. The summed E-state index contributed by atoms with van der Waals surface area (Å²) in [6.07, 6.45) is 1.23. The molecule has 2 aromatic heterocycles. The Balaban J connectivity index is 1.41. The minimum absolute atomic E-state index is 0.151. The second kappa shape index (κ2) is 8.50. The zero-order chi connectivity index (χ0) is 26.0. The van der Waals surface area contributed by atoms with Gasteiger partial charge < -0.3 is 14.8 Å². The predicted molar refractivity (Wildman–Crippen MR) is 136 cm³/mol. The number of amides is 1. The SMILES string of the molecule is CC(C)c1nc2c(N3CC4CC4C3)c(NC(=O)c3ccc(=O)n(-c4c(F)cccc4F)n3)ccc2n1C. The van der Waals surface area contributed by atoms with Gasteiger partial charge in [0.05, 0.1) is 16.9 Å². The summed E-state index contributed by atoms with van der Waals surface area (Å²) < 4.78 is 31.3. The van der Waals surface area contributed by atoms with Gasteiger partial charge in [-0.2, -0.15) is 9.78 Å². The zero-order valence-electron chi connectivity index (χ0n) is 20.7. The van der Waals surface area contributed by atoms with Crippen molar-refractivity contribution in [2.24, 2.45) is 18.9 Å². The number of imidazole rings is 1. The molecule has 37 heavy (non-hydrogen) atoms. The molecular weight excluding hydrogens is 478 g/mol. The molecule has 6 rings (SSSR count). The van der Waals surface area contributed by atoms with Crippen LogP contribution in [0.5, 0.6) is 0 Å². The highest BCUT2D eigenvalue weighted by atomic mass is 19.1. The first kappa shape index (κ1) is 23.3. The number of carbonyl (C=O) groups is 1. The Labute approximate surface area is 211 Å². The van der Waals surface area contributed by atoms with Gasteiger partial charge in [-0.3, -0.25) is 9.59 Å². The van der Waals surface area contributed by atoms with Crippen LogP contribution in [0.1, 0.15) is 42.5 Å². The molecule has 2 fully saturated rings. The molecule has 1 saturated heterocycles. The first-order valence-corrected chi connectivity index (χ1v) is 12.3. The summed E-state index contributed by atoms with van der Waals surface area (Å²) in [5.41, 5.74) is 1.68. The number of piperidine rings is 1. The Hall–Kier alpha value is -4.08. The van der Waals surface area contributed by atoms with Crippen molar-refractivity contribution in [2.75, 3.05) is 23.3 Å². The summed E-state index contributed by atoms with van der Waals surface area (Å²) >= 11 is 0. The lowest BCUT2D eigenvalue weighted by molar-refractivity contribution is 0.102. The fourth-order valence-electron chi connectivity index (χ4n) is 5.35. The first-order valence-electron chi connectivity index (χ1n) is 12.3. The maximum Gasteiger partial charge on any atom is 0.276 e. The third-order valence-corrected chi connectivity index (χ3v) is 7.30. The molecule has 8 nitrogen and oxygen atoms in total. The number of hydrogen-bond donors (Lipinski definition) is 1. The number of halogens is 2. The number of aromatic nitrogens is 4. The zero-order valence-corrected chi connectivity index (χ0v) is 20.7. The number of benzene rings is 2. The highest BCUT2D eigenvalue weighted by Gasteiger charge is 2.46. The van der Waals surface area contributed by atoms with Gasteiger partial charge in [0, 0.05) is 32.1 Å². The van der Waals surface area contributed by atoms with E-state index in [1.807, 2.05) is 19.2 Å². The van der Waals surface area contributed by atoms with Gasteiger partial charge in [0.15, 0.2) is 11.6 Å². The number of carbonyl (C=O) groups excluding carboxylic acids is 1. The monoisotopic (exact) mass is 504 g/mol. The molecule has 4 aromatic rings. The Morgan fingerprint density at radius 1 is 1.03 bits per heavy atom. The topological polar surface area (TPSA) is 85.1 Å². The van der Waals surface area contributed by atoms with Crippen molar-refractivity contribution in [3.05, 3.63) is 76.0 Å². The van der Waals surface area contributed by atoms with Crippen LogP contribution in [0.15, 0.2) is 47.3 Å². The maximum absolute atomic E-state index is 14.3. The Kier molecular flexibility index (Phi) is 5.36. The summed E-state index contributed by atoms with van der Waals surface area (Å²) in [6, 6.07) is 9.33. The molecule has 2 atom stereocenters. The van der Waals surface area contributed by atoms with Crippen molar-refractivity contribution < 1.29 is 13.6 Å². The number of nitrogens with one attached hydrogen (secondary N) is 1.